The molecule has 0 amide bonds. The van der Waals surface area contributed by atoms with Gasteiger partial charge in [-0.2, -0.15) is 0 Å². The molecule has 0 aromatic rings. The first-order chi connectivity index (χ1) is 8.68. The van der Waals surface area contributed by atoms with Crippen molar-refractivity contribution in [3.8, 4) is 0 Å². The molecule has 0 bridgehead atoms. The van der Waals surface area contributed by atoms with Gasteiger partial charge in [0.1, 0.15) is 0 Å². The Labute approximate surface area is 120 Å². The van der Waals surface area contributed by atoms with Crippen LogP contribution in [-0.2, 0) is 4.79 Å². The monoisotopic (exact) mass is 275 g/mol. The van der Waals surface area contributed by atoms with Crippen molar-refractivity contribution >= 4 is 5.97 Å². The Kier molecular flexibility index (Phi) is 28.0. The summed E-state index contributed by atoms with van der Waals surface area (Å²) < 4.78 is 0. The standard InChI is InChI=1S/C12H24O2.C4H10.H3N/c1-2-3-4-5-6-7-8-9-10-11-12(13)14;1-3-4-2;/h2-11H2,1H3,(H,13,14);3-4H2,1-2H3;1H3. The van der Waals surface area contributed by atoms with Gasteiger partial charge in [-0.25, -0.2) is 0 Å². The number of carbonyl (C=O) groups is 1. The molecule has 3 nitrogen and oxygen atoms in total. The molecule has 0 saturated carbocycles. The van der Waals surface area contributed by atoms with Gasteiger partial charge in [0.15, 0.2) is 0 Å². The van der Waals surface area contributed by atoms with Crippen LogP contribution in [0.4, 0.5) is 0 Å². The molecule has 0 heterocycles. The zero-order valence-corrected chi connectivity index (χ0v) is 13.5. The van der Waals surface area contributed by atoms with E-state index >= 15 is 0 Å². The molecule has 3 heteroatoms. The first kappa shape index (κ1) is 23.5. The fourth-order valence-corrected chi connectivity index (χ4v) is 1.59. The number of hydrogen-bond donors (Lipinski definition) is 2. The van der Waals surface area contributed by atoms with Crippen LogP contribution in [0, 0.1) is 0 Å². The van der Waals surface area contributed by atoms with Crippen molar-refractivity contribution in [3.63, 3.8) is 0 Å². The third-order valence-electron chi connectivity index (χ3n) is 2.99. The van der Waals surface area contributed by atoms with E-state index in [0.29, 0.717) is 6.42 Å². The van der Waals surface area contributed by atoms with E-state index in [4.69, 9.17) is 5.11 Å². The Morgan fingerprint density at radius 1 is 0.684 bits per heavy atom. The number of hydrogen-bond acceptors (Lipinski definition) is 2. The highest BCUT2D eigenvalue weighted by atomic mass is 16.4. The third-order valence-corrected chi connectivity index (χ3v) is 2.99. The minimum Gasteiger partial charge on any atom is -0.481 e. The number of aliphatic carboxylic acids is 1. The average Bonchev–Trinajstić information content (AvgIpc) is 2.37. The first-order valence-corrected chi connectivity index (χ1v) is 7.90. The van der Waals surface area contributed by atoms with Crippen molar-refractivity contribution in [1.82, 2.24) is 6.15 Å². The minimum atomic E-state index is -0.659. The Morgan fingerprint density at radius 3 is 1.37 bits per heavy atom. The molecule has 0 spiro atoms. The van der Waals surface area contributed by atoms with E-state index in [1.54, 1.807) is 0 Å². The summed E-state index contributed by atoms with van der Waals surface area (Å²) in [6.45, 7) is 6.59. The van der Waals surface area contributed by atoms with Gasteiger partial charge >= 0.3 is 5.97 Å². The molecule has 0 atom stereocenters. The minimum absolute atomic E-state index is 0. The molecule has 4 N–H and O–H groups in total. The maximum atomic E-state index is 10.2. The van der Waals surface area contributed by atoms with Crippen LogP contribution in [0.2, 0.25) is 0 Å². The summed E-state index contributed by atoms with van der Waals surface area (Å²) in [6, 6.07) is 0. The van der Waals surface area contributed by atoms with Crippen LogP contribution in [0.3, 0.4) is 0 Å². The van der Waals surface area contributed by atoms with E-state index in [1.165, 1.54) is 57.8 Å². The highest BCUT2D eigenvalue weighted by Gasteiger charge is 1.96. The molecule has 0 saturated heterocycles. The van der Waals surface area contributed by atoms with Crippen molar-refractivity contribution in [2.75, 3.05) is 0 Å². The molecule has 19 heavy (non-hydrogen) atoms. The number of unbranched alkanes of at least 4 members (excludes halogenated alkanes) is 9. The van der Waals surface area contributed by atoms with Gasteiger partial charge < -0.3 is 11.3 Å². The number of carboxylic acids is 1. The lowest BCUT2D eigenvalue weighted by Crippen LogP contribution is -1.93. The van der Waals surface area contributed by atoms with Crippen molar-refractivity contribution in [3.05, 3.63) is 0 Å². The Hall–Kier alpha value is -0.570. The maximum Gasteiger partial charge on any atom is 0.303 e. The summed E-state index contributed by atoms with van der Waals surface area (Å²) in [7, 11) is 0. The molecule has 0 aromatic carbocycles. The lowest BCUT2D eigenvalue weighted by Gasteiger charge is -2.00. The van der Waals surface area contributed by atoms with Gasteiger partial charge in [0, 0.05) is 6.42 Å². The molecule has 118 valence electrons. The second kappa shape index (κ2) is 22.6. The highest BCUT2D eigenvalue weighted by molar-refractivity contribution is 5.66. The summed E-state index contributed by atoms with van der Waals surface area (Å²) >= 11 is 0. The Balaban J connectivity index is -0.000000448. The second-order valence-electron chi connectivity index (χ2n) is 4.97. The van der Waals surface area contributed by atoms with Crippen LogP contribution < -0.4 is 6.15 Å². The largest absolute Gasteiger partial charge is 0.481 e. The van der Waals surface area contributed by atoms with Gasteiger partial charge in [-0.15, -0.1) is 0 Å². The third kappa shape index (κ3) is 31.8. The number of rotatable bonds is 11. The summed E-state index contributed by atoms with van der Waals surface area (Å²) in [6.07, 6.45) is 14.1. The van der Waals surface area contributed by atoms with Crippen LogP contribution in [0.5, 0.6) is 0 Å². The van der Waals surface area contributed by atoms with Gasteiger partial charge in [0.25, 0.3) is 0 Å². The summed E-state index contributed by atoms with van der Waals surface area (Å²) in [5, 5.41) is 8.41. The molecule has 0 aliphatic carbocycles. The van der Waals surface area contributed by atoms with E-state index in [-0.39, 0.29) is 6.15 Å². The molecular formula is C16H37NO2. The normalized spacial score (nSPS) is 9.21. The topological polar surface area (TPSA) is 72.3 Å². The highest BCUT2D eigenvalue weighted by Crippen LogP contribution is 2.10. The molecule has 0 aromatic heterocycles. The van der Waals surface area contributed by atoms with E-state index in [1.807, 2.05) is 0 Å². The van der Waals surface area contributed by atoms with E-state index in [0.717, 1.165) is 12.8 Å². The van der Waals surface area contributed by atoms with Crippen molar-refractivity contribution in [2.24, 2.45) is 0 Å². The van der Waals surface area contributed by atoms with E-state index < -0.39 is 5.97 Å². The summed E-state index contributed by atoms with van der Waals surface area (Å²) in [5.41, 5.74) is 0. The Morgan fingerprint density at radius 2 is 1.05 bits per heavy atom. The molecule has 0 aliphatic rings. The summed E-state index contributed by atoms with van der Waals surface area (Å²) in [4.78, 5) is 10.2. The predicted octanol–water partition coefficient (Wildman–Crippen LogP) is 5.96. The zero-order chi connectivity index (χ0) is 14.1. The lowest BCUT2D eigenvalue weighted by atomic mass is 10.1. The quantitative estimate of drug-likeness (QED) is 0.457. The first-order valence-electron chi connectivity index (χ1n) is 7.90. The lowest BCUT2D eigenvalue weighted by molar-refractivity contribution is -0.137. The van der Waals surface area contributed by atoms with Crippen LogP contribution >= 0.6 is 0 Å². The fraction of sp³-hybridized carbons (Fsp3) is 0.938. The van der Waals surface area contributed by atoms with Crippen molar-refractivity contribution in [1.29, 1.82) is 0 Å². The smallest absolute Gasteiger partial charge is 0.303 e. The van der Waals surface area contributed by atoms with Crippen LogP contribution in [0.15, 0.2) is 0 Å². The van der Waals surface area contributed by atoms with Crippen LogP contribution in [-0.4, -0.2) is 11.1 Å². The SMILES string of the molecule is CCCC.CCCCCCCCCCCC(=O)O.N. The van der Waals surface area contributed by atoms with Crippen molar-refractivity contribution < 1.29 is 9.90 Å². The fourth-order valence-electron chi connectivity index (χ4n) is 1.59. The molecule has 0 rings (SSSR count). The van der Waals surface area contributed by atoms with Gasteiger partial charge in [0.2, 0.25) is 0 Å². The van der Waals surface area contributed by atoms with Gasteiger partial charge in [0.05, 0.1) is 0 Å². The number of carboxylic acid groups (broad SMARTS) is 1. The van der Waals surface area contributed by atoms with E-state index in [2.05, 4.69) is 20.8 Å². The molecular weight excluding hydrogens is 238 g/mol. The second-order valence-corrected chi connectivity index (χ2v) is 4.97. The van der Waals surface area contributed by atoms with Gasteiger partial charge in [-0.05, 0) is 6.42 Å². The molecule has 0 fully saturated rings. The van der Waals surface area contributed by atoms with Gasteiger partial charge in [-0.3, -0.25) is 4.79 Å². The van der Waals surface area contributed by atoms with Crippen LogP contribution in [0.1, 0.15) is 97.8 Å². The Bertz CT molecular complexity index is 159. The maximum absolute atomic E-state index is 10.2. The predicted molar refractivity (Wildman–Crippen MR) is 85.1 cm³/mol. The molecule has 0 radical (unpaired) electrons. The van der Waals surface area contributed by atoms with Gasteiger partial charge in [-0.1, -0.05) is 85.0 Å². The zero-order valence-electron chi connectivity index (χ0n) is 13.5. The average molecular weight is 275 g/mol. The van der Waals surface area contributed by atoms with E-state index in [9.17, 15) is 4.79 Å². The summed E-state index contributed by atoms with van der Waals surface area (Å²) in [5.74, 6) is -0.659. The van der Waals surface area contributed by atoms with Crippen LogP contribution in [0.25, 0.3) is 0 Å². The molecule has 0 unspecified atom stereocenters. The molecule has 0 aliphatic heterocycles. The van der Waals surface area contributed by atoms with Crippen molar-refractivity contribution in [2.45, 2.75) is 97.8 Å².